The quantitative estimate of drug-likeness (QED) is 0.550. The van der Waals surface area contributed by atoms with E-state index in [4.69, 9.17) is 4.74 Å². The van der Waals surface area contributed by atoms with Crippen molar-refractivity contribution in [1.29, 1.82) is 0 Å². The Morgan fingerprint density at radius 3 is 2.45 bits per heavy atom. The maximum Gasteiger partial charge on any atom is 0.119 e. The van der Waals surface area contributed by atoms with Crippen molar-refractivity contribution < 1.29 is 9.84 Å². The first-order valence-corrected chi connectivity index (χ1v) is 10.4. The Morgan fingerprint density at radius 1 is 0.897 bits per heavy atom. The van der Waals surface area contributed by atoms with Crippen molar-refractivity contribution >= 4 is 5.69 Å². The van der Waals surface area contributed by atoms with E-state index >= 15 is 0 Å². The van der Waals surface area contributed by atoms with Crippen molar-refractivity contribution in [2.45, 2.75) is 50.9 Å². The molecule has 4 heteroatoms. The van der Waals surface area contributed by atoms with Gasteiger partial charge in [-0.1, -0.05) is 48.5 Å². The molecule has 4 nitrogen and oxygen atoms in total. The van der Waals surface area contributed by atoms with Crippen LogP contribution in [0.4, 0.5) is 5.69 Å². The second kappa shape index (κ2) is 9.57. The minimum absolute atomic E-state index is 0.251. The lowest BCUT2D eigenvalue weighted by molar-refractivity contribution is 0.0119. The highest BCUT2D eigenvalue weighted by molar-refractivity contribution is 5.47. The predicted molar refractivity (Wildman–Crippen MR) is 116 cm³/mol. The maximum atomic E-state index is 10.1. The fourth-order valence-corrected chi connectivity index (χ4v) is 4.08. The van der Waals surface area contributed by atoms with E-state index in [-0.39, 0.29) is 6.10 Å². The summed E-state index contributed by atoms with van der Waals surface area (Å²) in [4.78, 5) is 4.53. The molecule has 1 saturated carbocycles. The molecule has 0 spiro atoms. The first-order chi connectivity index (χ1) is 14.3. The summed E-state index contributed by atoms with van der Waals surface area (Å²) >= 11 is 0. The Balaban J connectivity index is 1.29. The summed E-state index contributed by atoms with van der Waals surface area (Å²) in [7, 11) is 0. The highest BCUT2D eigenvalue weighted by Gasteiger charge is 2.24. The van der Waals surface area contributed by atoms with Crippen molar-refractivity contribution in [2.75, 3.05) is 5.32 Å². The second-order valence-corrected chi connectivity index (χ2v) is 7.68. The van der Waals surface area contributed by atoms with E-state index in [1.165, 1.54) is 5.56 Å². The van der Waals surface area contributed by atoms with Crippen molar-refractivity contribution in [1.82, 2.24) is 4.98 Å². The summed E-state index contributed by atoms with van der Waals surface area (Å²) in [5.41, 5.74) is 4.29. The number of nitrogens with zero attached hydrogens (tertiary/aromatic N) is 1. The van der Waals surface area contributed by atoms with Crippen molar-refractivity contribution in [3.8, 4) is 5.75 Å². The molecule has 1 heterocycles. The highest BCUT2D eigenvalue weighted by atomic mass is 16.5. The molecule has 2 N–H and O–H groups in total. The molecule has 0 atom stereocenters. The van der Waals surface area contributed by atoms with E-state index in [1.54, 1.807) is 6.07 Å². The predicted octanol–water partition coefficient (Wildman–Crippen LogP) is 5.64. The lowest BCUT2D eigenvalue weighted by Gasteiger charge is -2.29. The van der Waals surface area contributed by atoms with Crippen LogP contribution in [0.2, 0.25) is 0 Å². The number of aromatic hydroxyl groups is 1. The fraction of sp³-hybridized carbons (Fsp3) is 0.320. The van der Waals surface area contributed by atoms with Crippen LogP contribution < -0.4 is 5.32 Å². The zero-order valence-electron chi connectivity index (χ0n) is 16.6. The number of phenols is 1. The van der Waals surface area contributed by atoms with Crippen molar-refractivity contribution in [3.05, 3.63) is 89.7 Å². The average molecular weight is 389 g/mol. The van der Waals surface area contributed by atoms with Gasteiger partial charge in [-0.05, 0) is 60.9 Å². The SMILES string of the molecule is Oc1ccccc1C1CCC(OCc2ncccc2NCc2ccccc2)CC1. The first kappa shape index (κ1) is 19.5. The Hall–Kier alpha value is -2.85. The number of ether oxygens (including phenoxy) is 1. The number of aromatic nitrogens is 1. The van der Waals surface area contributed by atoms with Gasteiger partial charge in [0, 0.05) is 12.7 Å². The van der Waals surface area contributed by atoms with E-state index in [2.05, 4.69) is 40.6 Å². The number of hydrogen-bond acceptors (Lipinski definition) is 4. The summed E-state index contributed by atoms with van der Waals surface area (Å²) in [6.45, 7) is 1.29. The molecule has 0 amide bonds. The van der Waals surface area contributed by atoms with Crippen LogP contribution in [0.15, 0.2) is 72.9 Å². The molecule has 3 aromatic rings. The third-order valence-electron chi connectivity index (χ3n) is 5.72. The van der Waals surface area contributed by atoms with Crippen LogP contribution >= 0.6 is 0 Å². The molecule has 0 bridgehead atoms. The number of hydrogen-bond donors (Lipinski definition) is 2. The minimum atomic E-state index is 0.251. The number of rotatable bonds is 7. The summed E-state index contributed by atoms with van der Waals surface area (Å²) in [5, 5.41) is 13.6. The highest BCUT2D eigenvalue weighted by Crippen LogP contribution is 2.38. The number of phenolic OH excluding ortho intramolecular Hbond substituents is 1. The first-order valence-electron chi connectivity index (χ1n) is 10.4. The molecule has 1 aromatic heterocycles. The van der Waals surface area contributed by atoms with Gasteiger partial charge in [0.05, 0.1) is 24.1 Å². The third-order valence-corrected chi connectivity index (χ3v) is 5.72. The lowest BCUT2D eigenvalue weighted by Crippen LogP contribution is -2.21. The Bertz CT molecular complexity index is 905. The smallest absolute Gasteiger partial charge is 0.119 e. The molecule has 4 rings (SSSR count). The van der Waals surface area contributed by atoms with Crippen LogP contribution in [-0.2, 0) is 17.9 Å². The zero-order valence-corrected chi connectivity index (χ0v) is 16.6. The van der Waals surface area contributed by atoms with Gasteiger partial charge in [-0.15, -0.1) is 0 Å². The average Bonchev–Trinajstić information content (AvgIpc) is 2.78. The summed E-state index contributed by atoms with van der Waals surface area (Å²) in [6, 6.07) is 22.1. The Labute approximate surface area is 172 Å². The van der Waals surface area contributed by atoms with E-state index in [1.807, 2.05) is 36.5 Å². The molecule has 2 aromatic carbocycles. The number of para-hydroxylation sites is 1. The summed E-state index contributed by atoms with van der Waals surface area (Å²) < 4.78 is 6.21. The van der Waals surface area contributed by atoms with Gasteiger partial charge in [0.2, 0.25) is 0 Å². The van der Waals surface area contributed by atoms with Crippen molar-refractivity contribution in [3.63, 3.8) is 0 Å². The summed E-state index contributed by atoms with van der Waals surface area (Å²) in [6.07, 6.45) is 6.19. The molecule has 29 heavy (non-hydrogen) atoms. The van der Waals surface area contributed by atoms with Crippen LogP contribution in [0.3, 0.4) is 0 Å². The van der Waals surface area contributed by atoms with Gasteiger partial charge in [-0.25, -0.2) is 0 Å². The van der Waals surface area contributed by atoms with Crippen LogP contribution in [-0.4, -0.2) is 16.2 Å². The molecule has 0 radical (unpaired) electrons. The number of nitrogens with one attached hydrogen (secondary N) is 1. The molecule has 1 aliphatic rings. The monoisotopic (exact) mass is 388 g/mol. The molecule has 1 fully saturated rings. The van der Waals surface area contributed by atoms with E-state index < -0.39 is 0 Å². The molecule has 0 unspecified atom stereocenters. The van der Waals surface area contributed by atoms with Gasteiger partial charge in [-0.2, -0.15) is 0 Å². The lowest BCUT2D eigenvalue weighted by atomic mass is 9.82. The summed E-state index contributed by atoms with van der Waals surface area (Å²) in [5.74, 6) is 0.841. The molecular weight excluding hydrogens is 360 g/mol. The van der Waals surface area contributed by atoms with Gasteiger partial charge in [-0.3, -0.25) is 4.98 Å². The maximum absolute atomic E-state index is 10.1. The Kier molecular flexibility index (Phi) is 6.42. The Morgan fingerprint density at radius 2 is 1.66 bits per heavy atom. The molecule has 150 valence electrons. The molecule has 0 aliphatic heterocycles. The minimum Gasteiger partial charge on any atom is -0.508 e. The normalized spacial score (nSPS) is 19.0. The standard InChI is InChI=1S/C25H28N2O2/c28-25-11-5-4-9-22(25)20-12-14-21(15-13-20)29-18-24-23(10-6-16-26-24)27-17-19-7-2-1-3-8-19/h1-11,16,20-21,27-28H,12-15,17-18H2. The van der Waals surface area contributed by atoms with Crippen molar-refractivity contribution in [2.24, 2.45) is 0 Å². The van der Waals surface area contributed by atoms with Gasteiger partial charge in [0.25, 0.3) is 0 Å². The molecular formula is C25H28N2O2. The molecule has 0 saturated heterocycles. The van der Waals surface area contributed by atoms with E-state index in [0.717, 1.165) is 49.2 Å². The number of benzene rings is 2. The van der Waals surface area contributed by atoms with E-state index in [9.17, 15) is 5.11 Å². The van der Waals surface area contributed by atoms with Gasteiger partial charge in [0.15, 0.2) is 0 Å². The number of pyridine rings is 1. The topological polar surface area (TPSA) is 54.4 Å². The van der Waals surface area contributed by atoms with Crippen LogP contribution in [0.25, 0.3) is 0 Å². The van der Waals surface area contributed by atoms with Crippen LogP contribution in [0, 0.1) is 0 Å². The third kappa shape index (κ3) is 5.15. The largest absolute Gasteiger partial charge is 0.508 e. The van der Waals surface area contributed by atoms with Crippen LogP contribution in [0.1, 0.15) is 48.4 Å². The van der Waals surface area contributed by atoms with Gasteiger partial charge < -0.3 is 15.2 Å². The second-order valence-electron chi connectivity index (χ2n) is 7.68. The number of anilines is 1. The van der Waals surface area contributed by atoms with Crippen LogP contribution in [0.5, 0.6) is 5.75 Å². The fourth-order valence-electron chi connectivity index (χ4n) is 4.08. The van der Waals surface area contributed by atoms with E-state index in [0.29, 0.717) is 18.3 Å². The molecule has 1 aliphatic carbocycles. The van der Waals surface area contributed by atoms with Gasteiger partial charge in [0.1, 0.15) is 5.75 Å². The zero-order chi connectivity index (χ0) is 19.9. The van der Waals surface area contributed by atoms with Gasteiger partial charge >= 0.3 is 0 Å².